The summed E-state index contributed by atoms with van der Waals surface area (Å²) in [6.07, 6.45) is 14.0. The fourth-order valence-electron chi connectivity index (χ4n) is 10.7. The number of H-pyrrole nitrogens is 2. The first-order valence-electron chi connectivity index (χ1n) is 28.5. The van der Waals surface area contributed by atoms with Crippen molar-refractivity contribution in [3.05, 3.63) is 167 Å². The monoisotopic (exact) mass is 1260 g/mol. The van der Waals surface area contributed by atoms with Crippen molar-refractivity contribution in [1.29, 1.82) is 0 Å². The second kappa shape index (κ2) is 23.5. The number of benzene rings is 2. The van der Waals surface area contributed by atoms with Gasteiger partial charge >= 0.3 is 21.1 Å². The number of nitrogens with one attached hydrogen (secondary N) is 2. The fraction of sp³-hybridized carbons (Fsp3) is 0.412. The Morgan fingerprint density at radius 2 is 1.01 bits per heavy atom. The van der Waals surface area contributed by atoms with Crippen LogP contribution in [0, 0.1) is 0 Å². The number of pyridine rings is 4. The molecule has 10 aromatic rings. The van der Waals surface area contributed by atoms with Gasteiger partial charge in [-0.15, -0.1) is 0 Å². The molecule has 0 radical (unpaired) electrons. The van der Waals surface area contributed by atoms with Gasteiger partial charge in [0.2, 0.25) is 0 Å². The molecule has 0 saturated heterocycles. The molecule has 424 valence electrons. The summed E-state index contributed by atoms with van der Waals surface area (Å²) in [5.41, 5.74) is 17.5. The van der Waals surface area contributed by atoms with E-state index >= 15 is 0 Å². The van der Waals surface area contributed by atoms with E-state index in [2.05, 4.69) is 254 Å². The van der Waals surface area contributed by atoms with E-state index in [1.165, 1.54) is 40.8 Å². The number of rotatable bonds is 4. The van der Waals surface area contributed by atoms with Crippen LogP contribution in [0.1, 0.15) is 181 Å². The van der Waals surface area contributed by atoms with Crippen LogP contribution in [0.5, 0.6) is 0 Å². The SMILES string of the molecule is CC(C)(C)c1cc(-c2cc3ccccc3c(-c3[n-]nc4c3CCCC4(C)C)n2)[n-]n1.CC(C)(C)c1cc(-c2cc3ccccc3c(-c3n[nH]c4c3CCCC4(C)C)n2)n[nH]1.CC(C)(C)c1ccncc1.CC(C)(C)c1ccncc1.[Pt+2]. The molecule has 8 aromatic heterocycles. The largest absolute Gasteiger partial charge is 2.00 e. The van der Waals surface area contributed by atoms with Crippen LogP contribution in [0.3, 0.4) is 0 Å². The van der Waals surface area contributed by atoms with Gasteiger partial charge in [0.05, 0.1) is 22.8 Å². The third-order valence-electron chi connectivity index (χ3n) is 15.7. The van der Waals surface area contributed by atoms with Crippen molar-refractivity contribution in [3.63, 3.8) is 0 Å². The van der Waals surface area contributed by atoms with E-state index in [0.29, 0.717) is 0 Å². The first-order chi connectivity index (χ1) is 37.7. The zero-order valence-corrected chi connectivity index (χ0v) is 52.9. The molecule has 13 heteroatoms. The maximum atomic E-state index is 5.10. The standard InChI is InChI=1S/C25H29N5.C25H27N5.2C9H13N.Pt/c2*1-24(2,3)20-14-19(27-28-20)18-13-15-9-6-7-10-16(15)21(26-18)22-17-11-8-12-25(4,5)23(17)30-29-22;2*1-9(2,3)8-4-6-10-7-5-8;/h6-7,9-10,13-14H,8,11-12H2,1-5H3,(H,27,28)(H,29,30);6-7,9-10,13-14H,8,11-12H2,1-5H3;2*4-7H,1-3H3;/q;-2;;;+2. The van der Waals surface area contributed by atoms with Gasteiger partial charge in [-0.2, -0.15) is 10.2 Å². The van der Waals surface area contributed by atoms with Gasteiger partial charge in [-0.3, -0.25) is 25.1 Å². The summed E-state index contributed by atoms with van der Waals surface area (Å²) in [5, 5.41) is 38.5. The van der Waals surface area contributed by atoms with E-state index in [0.717, 1.165) is 110 Å². The van der Waals surface area contributed by atoms with Crippen molar-refractivity contribution in [3.8, 4) is 45.6 Å². The average Bonchev–Trinajstić information content (AvgIpc) is 4.39. The summed E-state index contributed by atoms with van der Waals surface area (Å²) in [7, 11) is 0. The van der Waals surface area contributed by atoms with E-state index in [1.54, 1.807) is 0 Å². The fourth-order valence-corrected chi connectivity index (χ4v) is 10.7. The summed E-state index contributed by atoms with van der Waals surface area (Å²) >= 11 is 0. The van der Waals surface area contributed by atoms with E-state index in [4.69, 9.17) is 15.1 Å². The van der Waals surface area contributed by atoms with Crippen LogP contribution in [-0.2, 0) is 66.4 Å². The minimum absolute atomic E-state index is 0. The van der Waals surface area contributed by atoms with Gasteiger partial charge in [-0.1, -0.05) is 177 Å². The molecule has 0 fully saturated rings. The number of fused-ring (bicyclic) bond motifs is 4. The summed E-state index contributed by atoms with van der Waals surface area (Å²) < 4.78 is 0. The molecular weight excluding hydrogens is 1180 g/mol. The average molecular weight is 1260 g/mol. The molecule has 0 bridgehead atoms. The van der Waals surface area contributed by atoms with Crippen molar-refractivity contribution in [2.75, 3.05) is 0 Å². The number of aromatic nitrogens is 12. The van der Waals surface area contributed by atoms with E-state index in [9.17, 15) is 0 Å². The normalized spacial score (nSPS) is 14.7. The molecule has 0 unspecified atom stereocenters. The topological polar surface area (TPSA) is 163 Å². The van der Waals surface area contributed by atoms with E-state index in [-0.39, 0.29) is 53.6 Å². The molecule has 2 aromatic carbocycles. The maximum absolute atomic E-state index is 5.10. The Morgan fingerprint density at radius 1 is 0.481 bits per heavy atom. The molecule has 12 rings (SSSR count). The van der Waals surface area contributed by atoms with Gasteiger partial charge in [0.1, 0.15) is 11.4 Å². The van der Waals surface area contributed by atoms with Crippen LogP contribution in [0.25, 0.3) is 67.1 Å². The van der Waals surface area contributed by atoms with E-state index < -0.39 is 0 Å². The summed E-state index contributed by atoms with van der Waals surface area (Å²) in [4.78, 5) is 18.1. The number of hydrogen-bond donors (Lipinski definition) is 2. The smallest absolute Gasteiger partial charge is 0.573 e. The second-order valence-corrected chi connectivity index (χ2v) is 27.2. The van der Waals surface area contributed by atoms with E-state index in [1.807, 2.05) is 24.8 Å². The Labute approximate surface area is 494 Å². The van der Waals surface area contributed by atoms with Crippen LogP contribution in [0.4, 0.5) is 0 Å². The second-order valence-electron chi connectivity index (χ2n) is 27.2. The summed E-state index contributed by atoms with van der Waals surface area (Å²) in [5.74, 6) is 0. The Hall–Kier alpha value is -6.91. The van der Waals surface area contributed by atoms with Gasteiger partial charge in [-0.05, 0) is 119 Å². The van der Waals surface area contributed by atoms with Crippen LogP contribution < -0.4 is 10.2 Å². The summed E-state index contributed by atoms with van der Waals surface area (Å²) in [6.45, 7) is 35.3. The van der Waals surface area contributed by atoms with Crippen LogP contribution >= 0.6 is 0 Å². The molecule has 0 amide bonds. The Bertz CT molecular complexity index is 3470. The number of hydrogen-bond acceptors (Lipinski definition) is 8. The molecule has 0 atom stereocenters. The predicted octanol–water partition coefficient (Wildman–Crippen LogP) is 15.9. The van der Waals surface area contributed by atoms with Gasteiger partial charge in [0.15, 0.2) is 0 Å². The molecule has 2 aliphatic rings. The van der Waals surface area contributed by atoms with Gasteiger partial charge < -0.3 is 20.4 Å². The molecule has 0 spiro atoms. The van der Waals surface area contributed by atoms with Crippen molar-refractivity contribution in [1.82, 2.24) is 60.7 Å². The van der Waals surface area contributed by atoms with Gasteiger partial charge in [0.25, 0.3) is 0 Å². The minimum Gasteiger partial charge on any atom is -0.573 e. The molecule has 0 saturated carbocycles. The van der Waals surface area contributed by atoms with Crippen LogP contribution in [0.2, 0.25) is 0 Å². The minimum atomic E-state index is -0.0489. The molecule has 2 aliphatic carbocycles. The molecule has 81 heavy (non-hydrogen) atoms. The number of nitrogens with zero attached hydrogens (tertiary/aromatic N) is 10. The zero-order chi connectivity index (χ0) is 57.4. The van der Waals surface area contributed by atoms with Crippen molar-refractivity contribution in [2.24, 2.45) is 0 Å². The van der Waals surface area contributed by atoms with Crippen LogP contribution in [-0.4, -0.2) is 50.5 Å². The number of aromatic amines is 2. The van der Waals surface area contributed by atoms with Crippen molar-refractivity contribution >= 4 is 21.5 Å². The van der Waals surface area contributed by atoms with Crippen molar-refractivity contribution in [2.45, 2.75) is 182 Å². The zero-order valence-electron chi connectivity index (χ0n) is 50.6. The Balaban J connectivity index is 0.000000158. The Morgan fingerprint density at radius 3 is 1.54 bits per heavy atom. The third kappa shape index (κ3) is 13.6. The Kier molecular flexibility index (Phi) is 17.5. The van der Waals surface area contributed by atoms with Gasteiger partial charge in [-0.25, -0.2) is 4.98 Å². The first-order valence-corrected chi connectivity index (χ1v) is 28.5. The molecule has 2 N–H and O–H groups in total. The molecule has 0 aliphatic heterocycles. The van der Waals surface area contributed by atoms with Gasteiger partial charge in [0, 0.05) is 85.6 Å². The quantitative estimate of drug-likeness (QED) is 0.173. The first kappa shape index (κ1) is 60.2. The molecule has 12 nitrogen and oxygen atoms in total. The molecular formula is C68H82N12Pt. The van der Waals surface area contributed by atoms with Crippen LogP contribution in [0.15, 0.2) is 122 Å². The maximum Gasteiger partial charge on any atom is 2.00 e. The summed E-state index contributed by atoms with van der Waals surface area (Å²) in [6, 6.07) is 33.4. The molecule has 8 heterocycles. The predicted molar refractivity (Wildman–Crippen MR) is 327 cm³/mol. The van der Waals surface area contributed by atoms with Crippen molar-refractivity contribution < 1.29 is 21.1 Å². The third-order valence-corrected chi connectivity index (χ3v) is 15.7.